The van der Waals surface area contributed by atoms with Crippen molar-refractivity contribution in [1.82, 2.24) is 10.3 Å². The van der Waals surface area contributed by atoms with E-state index in [9.17, 15) is 0 Å². The lowest BCUT2D eigenvalue weighted by Gasteiger charge is -2.20. The topological polar surface area (TPSA) is 27.6 Å². The number of nitrogens with one attached hydrogen (secondary N) is 1. The lowest BCUT2D eigenvalue weighted by molar-refractivity contribution is 0.301. The summed E-state index contributed by atoms with van der Waals surface area (Å²) in [6, 6.07) is 0.287. The summed E-state index contributed by atoms with van der Waals surface area (Å²) in [4.78, 5) is 0. The van der Waals surface area contributed by atoms with E-state index >= 15 is 0 Å². The first kappa shape index (κ1) is 15.7. The van der Waals surface area contributed by atoms with E-state index in [1.165, 1.54) is 0 Å². The van der Waals surface area contributed by atoms with E-state index in [-0.39, 0.29) is 6.04 Å². The normalized spacial score (nSPS) is 13.7. The van der Waals surface area contributed by atoms with Crippen LogP contribution in [0, 0.1) is 0 Å². The average Bonchev–Trinajstić information content (AvgIpc) is 2.34. The highest BCUT2D eigenvalue weighted by Crippen LogP contribution is 2.03. The summed E-state index contributed by atoms with van der Waals surface area (Å²) in [6.45, 7) is 16.4. The van der Waals surface area contributed by atoms with E-state index < -0.39 is 0 Å². The highest BCUT2D eigenvalue weighted by atomic mass is 15.4. The molecule has 3 nitrogen and oxygen atoms in total. The van der Waals surface area contributed by atoms with Gasteiger partial charge in [-0.25, -0.2) is 0 Å². The van der Waals surface area contributed by atoms with E-state index in [1.807, 2.05) is 30.3 Å². The SMILES string of the molecule is C=C/C=C(\C=C)[C@@H](C)NCCN(CC)/N=C\C. The fourth-order valence-electron chi connectivity index (χ4n) is 1.51. The second kappa shape index (κ2) is 9.85. The van der Waals surface area contributed by atoms with Gasteiger partial charge in [0.25, 0.3) is 0 Å². The Kier molecular flexibility index (Phi) is 9.06. The van der Waals surface area contributed by atoms with Gasteiger partial charge in [0.2, 0.25) is 0 Å². The Morgan fingerprint density at radius 3 is 2.65 bits per heavy atom. The summed E-state index contributed by atoms with van der Waals surface area (Å²) in [5.74, 6) is 0. The molecule has 1 atom stereocenters. The molecule has 17 heavy (non-hydrogen) atoms. The van der Waals surface area contributed by atoms with Crippen LogP contribution < -0.4 is 5.32 Å². The molecule has 0 unspecified atom stereocenters. The van der Waals surface area contributed by atoms with Gasteiger partial charge >= 0.3 is 0 Å². The van der Waals surface area contributed by atoms with Gasteiger partial charge in [-0.1, -0.05) is 31.4 Å². The number of rotatable bonds is 9. The van der Waals surface area contributed by atoms with Crippen molar-refractivity contribution in [2.45, 2.75) is 26.8 Å². The van der Waals surface area contributed by atoms with Crippen molar-refractivity contribution in [2.75, 3.05) is 19.6 Å². The summed E-state index contributed by atoms with van der Waals surface area (Å²) in [6.07, 6.45) is 7.45. The maximum Gasteiger partial charge on any atom is 0.0485 e. The summed E-state index contributed by atoms with van der Waals surface area (Å²) in [5.41, 5.74) is 1.15. The Hall–Kier alpha value is -1.35. The zero-order valence-corrected chi connectivity index (χ0v) is 11.3. The minimum Gasteiger partial charge on any atom is -0.308 e. The van der Waals surface area contributed by atoms with Crippen LogP contribution in [-0.2, 0) is 0 Å². The molecule has 0 bridgehead atoms. The summed E-state index contributed by atoms with van der Waals surface area (Å²) in [5, 5.41) is 9.73. The number of hydrogen-bond acceptors (Lipinski definition) is 3. The average molecular weight is 235 g/mol. The molecular formula is C14H25N3. The highest BCUT2D eigenvalue weighted by molar-refractivity contribution is 5.52. The Morgan fingerprint density at radius 2 is 2.18 bits per heavy atom. The third-order valence-corrected chi connectivity index (χ3v) is 2.51. The van der Waals surface area contributed by atoms with E-state index in [1.54, 1.807) is 6.08 Å². The van der Waals surface area contributed by atoms with Gasteiger partial charge in [-0.3, -0.25) is 5.01 Å². The monoisotopic (exact) mass is 235 g/mol. The van der Waals surface area contributed by atoms with Crippen molar-refractivity contribution in [3.05, 3.63) is 37.0 Å². The molecular weight excluding hydrogens is 210 g/mol. The molecule has 96 valence electrons. The lowest BCUT2D eigenvalue weighted by atomic mass is 10.1. The first-order chi connectivity index (χ1) is 8.19. The molecule has 0 aromatic carbocycles. The Labute approximate surface area is 106 Å². The molecule has 0 saturated heterocycles. The molecule has 0 rings (SSSR count). The summed E-state index contributed by atoms with van der Waals surface area (Å²) < 4.78 is 0. The van der Waals surface area contributed by atoms with Gasteiger partial charge in [-0.05, 0) is 26.3 Å². The predicted octanol–water partition coefficient (Wildman–Crippen LogP) is 2.59. The van der Waals surface area contributed by atoms with Crippen molar-refractivity contribution in [1.29, 1.82) is 0 Å². The molecule has 0 fully saturated rings. The van der Waals surface area contributed by atoms with Crippen molar-refractivity contribution >= 4 is 6.21 Å². The molecule has 0 amide bonds. The van der Waals surface area contributed by atoms with Crippen LogP contribution in [0.1, 0.15) is 20.8 Å². The molecule has 0 spiro atoms. The first-order valence-electron chi connectivity index (χ1n) is 6.11. The van der Waals surface area contributed by atoms with E-state index in [0.29, 0.717) is 0 Å². The predicted molar refractivity (Wildman–Crippen MR) is 77.4 cm³/mol. The third-order valence-electron chi connectivity index (χ3n) is 2.51. The smallest absolute Gasteiger partial charge is 0.0485 e. The van der Waals surface area contributed by atoms with Gasteiger partial charge < -0.3 is 5.32 Å². The summed E-state index contributed by atoms with van der Waals surface area (Å²) in [7, 11) is 0. The van der Waals surface area contributed by atoms with Crippen LogP contribution in [0.3, 0.4) is 0 Å². The molecule has 0 aromatic heterocycles. The Morgan fingerprint density at radius 1 is 1.47 bits per heavy atom. The number of allylic oxidation sites excluding steroid dienone is 2. The number of nitrogens with zero attached hydrogens (tertiary/aromatic N) is 2. The van der Waals surface area contributed by atoms with Gasteiger partial charge in [0.1, 0.15) is 0 Å². The van der Waals surface area contributed by atoms with Gasteiger partial charge in [0, 0.05) is 31.9 Å². The van der Waals surface area contributed by atoms with Gasteiger partial charge in [0.15, 0.2) is 0 Å². The standard InChI is InChI=1S/C14H25N3/c1-6-10-14(7-2)13(5)15-11-12-17(9-4)16-8-3/h6-8,10,13,15H,1-2,9,11-12H2,3-5H3/b14-10+,16-8-/t13-/m1/s1. The summed E-state index contributed by atoms with van der Waals surface area (Å²) >= 11 is 0. The Balaban J connectivity index is 4.06. The first-order valence-corrected chi connectivity index (χ1v) is 6.11. The van der Waals surface area contributed by atoms with Crippen LogP contribution in [0.5, 0.6) is 0 Å². The van der Waals surface area contributed by atoms with Crippen LogP contribution in [0.15, 0.2) is 42.1 Å². The molecule has 0 aromatic rings. The van der Waals surface area contributed by atoms with E-state index in [0.717, 1.165) is 25.2 Å². The Bertz CT molecular complexity index is 279. The van der Waals surface area contributed by atoms with Crippen LogP contribution >= 0.6 is 0 Å². The molecule has 0 aliphatic rings. The second-order valence-electron chi connectivity index (χ2n) is 3.70. The minimum absolute atomic E-state index is 0.287. The van der Waals surface area contributed by atoms with E-state index in [4.69, 9.17) is 0 Å². The minimum atomic E-state index is 0.287. The fraction of sp³-hybridized carbons (Fsp3) is 0.500. The molecule has 0 saturated carbocycles. The number of hydrogen-bond donors (Lipinski definition) is 1. The van der Waals surface area contributed by atoms with Gasteiger partial charge in [-0.2, -0.15) is 5.10 Å². The molecule has 0 aliphatic heterocycles. The van der Waals surface area contributed by atoms with Crippen molar-refractivity contribution in [3.8, 4) is 0 Å². The highest BCUT2D eigenvalue weighted by Gasteiger charge is 2.04. The van der Waals surface area contributed by atoms with Crippen molar-refractivity contribution < 1.29 is 0 Å². The van der Waals surface area contributed by atoms with Crippen LogP contribution in [-0.4, -0.2) is 36.9 Å². The second-order valence-corrected chi connectivity index (χ2v) is 3.70. The number of hydrazone groups is 1. The van der Waals surface area contributed by atoms with Gasteiger partial charge in [-0.15, -0.1) is 0 Å². The van der Waals surface area contributed by atoms with E-state index in [2.05, 4.69) is 37.4 Å². The van der Waals surface area contributed by atoms with Crippen LogP contribution in [0.4, 0.5) is 0 Å². The van der Waals surface area contributed by atoms with Crippen LogP contribution in [0.25, 0.3) is 0 Å². The maximum absolute atomic E-state index is 4.26. The quantitative estimate of drug-likeness (QED) is 0.378. The maximum atomic E-state index is 4.26. The zero-order valence-electron chi connectivity index (χ0n) is 11.3. The molecule has 3 heteroatoms. The van der Waals surface area contributed by atoms with Crippen molar-refractivity contribution in [2.24, 2.45) is 5.10 Å². The van der Waals surface area contributed by atoms with Gasteiger partial charge in [0.05, 0.1) is 0 Å². The molecule has 1 N–H and O–H groups in total. The molecule has 0 aliphatic carbocycles. The van der Waals surface area contributed by atoms with Crippen LogP contribution in [0.2, 0.25) is 0 Å². The number of likely N-dealkylation sites (N-methyl/N-ethyl adjacent to an activating group) is 1. The zero-order chi connectivity index (χ0) is 13.1. The fourth-order valence-corrected chi connectivity index (χ4v) is 1.51. The largest absolute Gasteiger partial charge is 0.308 e. The van der Waals surface area contributed by atoms with Crippen molar-refractivity contribution in [3.63, 3.8) is 0 Å². The third kappa shape index (κ3) is 6.74. The molecule has 0 radical (unpaired) electrons. The molecule has 0 heterocycles. The lowest BCUT2D eigenvalue weighted by Crippen LogP contribution is -2.34.